The highest BCUT2D eigenvalue weighted by atomic mass is 16.5. The summed E-state index contributed by atoms with van der Waals surface area (Å²) in [4.78, 5) is 60.9. The molecule has 296 valence electrons. The lowest BCUT2D eigenvalue weighted by Gasteiger charge is -2.41. The molecule has 0 saturated carbocycles. The molecule has 0 radical (unpaired) electrons. The molecule has 7 rings (SSSR count). The van der Waals surface area contributed by atoms with Gasteiger partial charge in [-0.1, -0.05) is 50.2 Å². The zero-order chi connectivity index (χ0) is 40.3. The van der Waals surface area contributed by atoms with Crippen molar-refractivity contribution in [2.24, 2.45) is 0 Å². The van der Waals surface area contributed by atoms with Crippen molar-refractivity contribution in [1.29, 1.82) is 0 Å². The minimum absolute atomic E-state index is 0.0553. The Kier molecular flexibility index (Phi) is 11.3. The number of aromatic nitrogens is 5. The van der Waals surface area contributed by atoms with Gasteiger partial charge in [0, 0.05) is 67.9 Å². The normalized spacial score (nSPS) is 17.0. The first-order valence-electron chi connectivity index (χ1n) is 19.3. The van der Waals surface area contributed by atoms with E-state index in [0.29, 0.717) is 36.5 Å². The van der Waals surface area contributed by atoms with Crippen molar-refractivity contribution in [1.82, 2.24) is 40.6 Å². The molecule has 57 heavy (non-hydrogen) atoms. The minimum atomic E-state index is -0.417. The summed E-state index contributed by atoms with van der Waals surface area (Å²) in [5.41, 5.74) is 6.40. The summed E-state index contributed by atoms with van der Waals surface area (Å²) in [7, 11) is 0. The molecule has 2 atom stereocenters. The van der Waals surface area contributed by atoms with Gasteiger partial charge in [0.25, 0.3) is 0 Å². The molecule has 5 heterocycles. The number of amides is 4. The van der Waals surface area contributed by atoms with Crippen molar-refractivity contribution < 1.29 is 18.9 Å². The molecule has 2 aliphatic rings. The van der Waals surface area contributed by atoms with Gasteiger partial charge in [-0.2, -0.15) is 4.98 Å². The molecule has 2 fully saturated rings. The van der Waals surface area contributed by atoms with Crippen molar-refractivity contribution in [3.63, 3.8) is 0 Å². The third-order valence-corrected chi connectivity index (χ3v) is 10.4. The van der Waals surface area contributed by atoms with Crippen LogP contribution in [0.2, 0.25) is 0 Å². The van der Waals surface area contributed by atoms with Gasteiger partial charge in [0.15, 0.2) is 5.82 Å². The van der Waals surface area contributed by atoms with E-state index in [4.69, 9.17) is 9.51 Å². The lowest BCUT2D eigenvalue weighted by molar-refractivity contribution is -0.120. The largest absolute Gasteiger partial charge is 0.365 e. The first-order chi connectivity index (χ1) is 27.3. The van der Waals surface area contributed by atoms with Crippen molar-refractivity contribution in [3.05, 3.63) is 102 Å². The maximum Gasteiger partial charge on any atom is 0.328 e. The van der Waals surface area contributed by atoms with E-state index in [1.165, 1.54) is 11.9 Å². The molecule has 2 aromatic carbocycles. The zero-order valence-electron chi connectivity index (χ0n) is 33.2. The fraction of sp³-hybridized carbons (Fsp3) is 0.381. The quantitative estimate of drug-likeness (QED) is 0.144. The molecule has 2 aliphatic heterocycles. The van der Waals surface area contributed by atoms with E-state index in [2.05, 4.69) is 71.0 Å². The molecule has 15 heteroatoms. The van der Waals surface area contributed by atoms with Gasteiger partial charge in [-0.3, -0.25) is 24.7 Å². The first-order valence-corrected chi connectivity index (χ1v) is 19.3. The van der Waals surface area contributed by atoms with E-state index in [9.17, 15) is 14.4 Å². The van der Waals surface area contributed by atoms with Crippen LogP contribution >= 0.6 is 0 Å². The molecule has 3 N–H and O–H groups in total. The van der Waals surface area contributed by atoms with E-state index >= 15 is 0 Å². The zero-order valence-corrected chi connectivity index (χ0v) is 33.2. The highest BCUT2D eigenvalue weighted by Gasteiger charge is 2.27. The number of nitrogens with one attached hydrogen (secondary N) is 3. The molecule has 0 unspecified atom stereocenters. The van der Waals surface area contributed by atoms with E-state index in [0.717, 1.165) is 66.4 Å². The Balaban J connectivity index is 0.901. The minimum Gasteiger partial charge on any atom is -0.365 e. The monoisotopic (exact) mass is 771 g/mol. The summed E-state index contributed by atoms with van der Waals surface area (Å²) in [6.45, 7) is 16.2. The number of imide groups is 1. The second kappa shape index (κ2) is 16.5. The number of nitrogens with zero attached hydrogens (tertiary/aromatic N) is 8. The van der Waals surface area contributed by atoms with Crippen LogP contribution in [-0.2, 0) is 16.6 Å². The first kappa shape index (κ1) is 39.0. The standard InChI is InChI=1S/C42H49N11O4/c1-26-21-30(9-13-33(26)28(3)46-38(55)39-49-40(50-57-39)42(4,5)6)34-22-36(45-25-44-34)47-35-14-12-32(23-43-35)52-20-19-51(24-27(52)2)17-15-29-7-10-31(11-8-29)53-18-16-37(54)48-41(53)56/h7-14,21-23,25,27-28H,15-20,24H2,1-6H3,(H,46,55)(H,48,54,56)(H,43,44,45,47)/t27-,28+/m0/s1. The highest BCUT2D eigenvalue weighted by Crippen LogP contribution is 2.28. The number of hydrogen-bond donors (Lipinski definition) is 3. The Morgan fingerprint density at radius 2 is 1.75 bits per heavy atom. The Hall–Kier alpha value is -6.22. The van der Waals surface area contributed by atoms with Crippen molar-refractivity contribution in [3.8, 4) is 11.3 Å². The predicted octanol–water partition coefficient (Wildman–Crippen LogP) is 5.96. The number of carbonyl (C=O) groups excluding carboxylic acids is 3. The smallest absolute Gasteiger partial charge is 0.328 e. The van der Waals surface area contributed by atoms with Crippen LogP contribution in [0.25, 0.3) is 11.3 Å². The average Bonchev–Trinajstić information content (AvgIpc) is 3.70. The van der Waals surface area contributed by atoms with Crippen molar-refractivity contribution in [2.75, 3.05) is 47.8 Å². The third-order valence-electron chi connectivity index (χ3n) is 10.4. The number of piperazine rings is 1. The summed E-state index contributed by atoms with van der Waals surface area (Å²) in [6, 6.07) is 19.7. The van der Waals surface area contributed by atoms with Crippen molar-refractivity contribution >= 4 is 40.9 Å². The number of aryl methyl sites for hydroxylation is 1. The number of rotatable bonds is 11. The third kappa shape index (κ3) is 9.26. The molecule has 4 amide bonds. The average molecular weight is 772 g/mol. The fourth-order valence-electron chi connectivity index (χ4n) is 7.18. The van der Waals surface area contributed by atoms with Gasteiger partial charge in [0.1, 0.15) is 18.0 Å². The van der Waals surface area contributed by atoms with E-state index in [1.54, 1.807) is 4.90 Å². The van der Waals surface area contributed by atoms with Gasteiger partial charge in [-0.05, 0) is 74.2 Å². The number of carbonyl (C=O) groups is 3. The summed E-state index contributed by atoms with van der Waals surface area (Å²) < 4.78 is 5.21. The van der Waals surface area contributed by atoms with Crippen LogP contribution in [0, 0.1) is 6.92 Å². The maximum atomic E-state index is 12.8. The van der Waals surface area contributed by atoms with Gasteiger partial charge in [-0.15, -0.1) is 0 Å². The number of urea groups is 1. The van der Waals surface area contributed by atoms with Crippen LogP contribution < -0.4 is 25.8 Å². The summed E-state index contributed by atoms with van der Waals surface area (Å²) in [6.07, 6.45) is 4.66. The number of benzene rings is 2. The van der Waals surface area contributed by atoms with Gasteiger partial charge in [0.2, 0.25) is 5.91 Å². The van der Waals surface area contributed by atoms with Crippen LogP contribution in [0.1, 0.15) is 80.3 Å². The van der Waals surface area contributed by atoms with Crippen LogP contribution in [0.5, 0.6) is 0 Å². The molecule has 3 aromatic heterocycles. The SMILES string of the molecule is Cc1cc(-c2cc(Nc3ccc(N4CCN(CCc5ccc(N6CCC(=O)NC6=O)cc5)C[C@@H]4C)cn3)ncn2)ccc1[C@@H](C)NC(=O)c1nc(C(C)(C)C)no1. The number of pyridine rings is 1. The summed E-state index contributed by atoms with van der Waals surface area (Å²) in [5.74, 6) is 1.09. The Bertz CT molecular complexity index is 2230. The molecular formula is C42H49N11O4. The fourth-order valence-corrected chi connectivity index (χ4v) is 7.18. The van der Waals surface area contributed by atoms with E-state index in [1.807, 2.05) is 83.3 Å². The number of anilines is 4. The van der Waals surface area contributed by atoms with E-state index in [-0.39, 0.29) is 29.3 Å². The van der Waals surface area contributed by atoms with Crippen LogP contribution in [0.15, 0.2) is 77.7 Å². The van der Waals surface area contributed by atoms with Gasteiger partial charge in [-0.25, -0.2) is 19.7 Å². The van der Waals surface area contributed by atoms with Crippen LogP contribution in [-0.4, -0.2) is 86.6 Å². The Labute approximate surface area is 332 Å². The molecule has 0 bridgehead atoms. The molecule has 5 aromatic rings. The highest BCUT2D eigenvalue weighted by molar-refractivity contribution is 6.05. The lowest BCUT2D eigenvalue weighted by atomic mass is 9.96. The molecule has 0 aliphatic carbocycles. The topological polar surface area (TPSA) is 175 Å². The molecule has 15 nitrogen and oxygen atoms in total. The predicted molar refractivity (Wildman–Crippen MR) is 217 cm³/mol. The Morgan fingerprint density at radius 3 is 2.44 bits per heavy atom. The van der Waals surface area contributed by atoms with Gasteiger partial charge in [0.05, 0.1) is 23.6 Å². The van der Waals surface area contributed by atoms with Gasteiger partial charge >= 0.3 is 17.8 Å². The molecular weight excluding hydrogens is 723 g/mol. The summed E-state index contributed by atoms with van der Waals surface area (Å²) >= 11 is 0. The second-order valence-electron chi connectivity index (χ2n) is 15.8. The van der Waals surface area contributed by atoms with Crippen LogP contribution in [0.3, 0.4) is 0 Å². The van der Waals surface area contributed by atoms with Gasteiger partial charge < -0.3 is 20.1 Å². The molecule has 0 spiro atoms. The number of hydrogen-bond acceptors (Lipinski definition) is 12. The summed E-state index contributed by atoms with van der Waals surface area (Å²) in [5, 5.41) is 12.6. The second-order valence-corrected chi connectivity index (χ2v) is 15.8. The maximum absolute atomic E-state index is 12.8. The van der Waals surface area contributed by atoms with E-state index < -0.39 is 5.91 Å². The Morgan fingerprint density at radius 1 is 0.965 bits per heavy atom. The lowest BCUT2D eigenvalue weighted by Crippen LogP contribution is -2.52. The van der Waals surface area contributed by atoms with Crippen LogP contribution in [0.4, 0.5) is 27.8 Å². The molecule has 2 saturated heterocycles. The van der Waals surface area contributed by atoms with Crippen molar-refractivity contribution in [2.45, 2.75) is 71.9 Å².